The molecule has 1 aliphatic heterocycles. The summed E-state index contributed by atoms with van der Waals surface area (Å²) in [6.45, 7) is 7.88. The average Bonchev–Trinajstić information content (AvgIpc) is 1.97. The fourth-order valence-corrected chi connectivity index (χ4v) is 0.785. The molecule has 0 aromatic carbocycles. The van der Waals surface area contributed by atoms with Gasteiger partial charge in [-0.15, -0.1) is 0 Å². The van der Waals surface area contributed by atoms with Crippen molar-refractivity contribution in [2.75, 3.05) is 6.54 Å². The Morgan fingerprint density at radius 1 is 1.73 bits per heavy atom. The molecule has 0 spiro atoms. The fraction of sp³-hybridized carbons (Fsp3) is 0.429. The van der Waals surface area contributed by atoms with Crippen LogP contribution in [0.4, 0.5) is 4.79 Å². The summed E-state index contributed by atoms with van der Waals surface area (Å²) < 4.78 is 0. The molecule has 1 rings (SSSR count). The van der Waals surface area contributed by atoms with Gasteiger partial charge in [-0.05, 0) is 13.8 Å². The van der Waals surface area contributed by atoms with Gasteiger partial charge in [0.1, 0.15) is 0 Å². The van der Waals surface area contributed by atoms with Crippen molar-refractivity contribution in [2.24, 2.45) is 5.10 Å². The van der Waals surface area contributed by atoms with E-state index in [0.717, 1.165) is 5.71 Å². The van der Waals surface area contributed by atoms with Crippen molar-refractivity contribution in [2.45, 2.75) is 13.8 Å². The van der Waals surface area contributed by atoms with Gasteiger partial charge in [0.15, 0.2) is 0 Å². The molecule has 0 aromatic rings. The molecule has 0 saturated heterocycles. The Hall–Kier alpha value is -1.32. The quantitative estimate of drug-likeness (QED) is 0.598. The van der Waals surface area contributed by atoms with Crippen LogP contribution in [0, 0.1) is 0 Å². The Bertz CT molecular complexity index is 232. The lowest BCUT2D eigenvalue weighted by Crippen LogP contribution is -2.42. The largest absolute Gasteiger partial charge is 0.342 e. The molecule has 1 aliphatic rings. The van der Waals surface area contributed by atoms with Crippen LogP contribution in [-0.4, -0.2) is 23.3 Å². The number of hydrogen-bond donors (Lipinski definition) is 1. The van der Waals surface area contributed by atoms with E-state index < -0.39 is 0 Å². The SMILES string of the molecule is C=C1NC(=O)N(CC)N=C1C. The highest BCUT2D eigenvalue weighted by Crippen LogP contribution is 2.03. The number of hydrogen-bond acceptors (Lipinski definition) is 2. The Morgan fingerprint density at radius 3 is 2.91 bits per heavy atom. The summed E-state index contributed by atoms with van der Waals surface area (Å²) in [6.07, 6.45) is 0. The van der Waals surface area contributed by atoms with Gasteiger partial charge < -0.3 is 5.32 Å². The average molecular weight is 153 g/mol. The molecule has 0 aliphatic carbocycles. The molecule has 0 atom stereocenters. The van der Waals surface area contributed by atoms with Crippen molar-refractivity contribution in [3.8, 4) is 0 Å². The van der Waals surface area contributed by atoms with Crippen molar-refractivity contribution in [1.82, 2.24) is 10.3 Å². The topological polar surface area (TPSA) is 44.7 Å². The molecular weight excluding hydrogens is 142 g/mol. The summed E-state index contributed by atoms with van der Waals surface area (Å²) in [6, 6.07) is -0.205. The predicted octanol–water partition coefficient (Wildman–Crippen LogP) is 0.921. The molecule has 0 aromatic heterocycles. The van der Waals surface area contributed by atoms with Crippen LogP contribution in [0.15, 0.2) is 17.4 Å². The predicted molar refractivity (Wildman–Crippen MR) is 43.2 cm³/mol. The number of urea groups is 1. The number of carbonyl (C=O) groups is 1. The molecule has 2 amide bonds. The zero-order valence-corrected chi connectivity index (χ0v) is 6.72. The Kier molecular flexibility index (Phi) is 1.94. The van der Waals surface area contributed by atoms with E-state index >= 15 is 0 Å². The molecule has 0 unspecified atom stereocenters. The molecular formula is C7H11N3O. The summed E-state index contributed by atoms with van der Waals surface area (Å²) >= 11 is 0. The standard InChI is InChI=1S/C7H11N3O/c1-4-10-7(11)8-5(2)6(3)9-10/h2,4H2,1,3H3,(H,8,11). The second-order valence-electron chi connectivity index (χ2n) is 2.31. The Morgan fingerprint density at radius 2 is 2.36 bits per heavy atom. The van der Waals surface area contributed by atoms with Crippen LogP contribution in [-0.2, 0) is 0 Å². The minimum absolute atomic E-state index is 0.205. The van der Waals surface area contributed by atoms with Gasteiger partial charge in [-0.1, -0.05) is 6.58 Å². The summed E-state index contributed by atoms with van der Waals surface area (Å²) in [5.74, 6) is 0. The molecule has 11 heavy (non-hydrogen) atoms. The lowest BCUT2D eigenvalue weighted by Gasteiger charge is -2.22. The van der Waals surface area contributed by atoms with E-state index in [4.69, 9.17) is 0 Å². The third-order valence-electron chi connectivity index (χ3n) is 1.50. The van der Waals surface area contributed by atoms with Crippen LogP contribution in [0.25, 0.3) is 0 Å². The van der Waals surface area contributed by atoms with Gasteiger partial charge in [0.05, 0.1) is 11.4 Å². The van der Waals surface area contributed by atoms with Gasteiger partial charge in [0, 0.05) is 6.54 Å². The summed E-state index contributed by atoms with van der Waals surface area (Å²) in [5.41, 5.74) is 1.34. The van der Waals surface area contributed by atoms with Crippen molar-refractivity contribution >= 4 is 11.7 Å². The molecule has 60 valence electrons. The van der Waals surface area contributed by atoms with E-state index in [2.05, 4.69) is 17.0 Å². The monoisotopic (exact) mass is 153 g/mol. The molecule has 1 heterocycles. The number of allylic oxidation sites excluding steroid dienone is 1. The lowest BCUT2D eigenvalue weighted by atomic mass is 10.3. The highest BCUT2D eigenvalue weighted by molar-refractivity contribution is 6.03. The van der Waals surface area contributed by atoms with Crippen LogP contribution in [0.5, 0.6) is 0 Å². The smallest absolute Gasteiger partial charge is 0.305 e. The maximum atomic E-state index is 11.0. The third-order valence-corrected chi connectivity index (χ3v) is 1.50. The Labute approximate surface area is 65.6 Å². The third kappa shape index (κ3) is 1.39. The number of carbonyl (C=O) groups excluding carboxylic acids is 1. The fourth-order valence-electron chi connectivity index (χ4n) is 0.785. The zero-order valence-electron chi connectivity index (χ0n) is 6.72. The van der Waals surface area contributed by atoms with Crippen molar-refractivity contribution in [1.29, 1.82) is 0 Å². The van der Waals surface area contributed by atoms with Crippen LogP contribution >= 0.6 is 0 Å². The summed E-state index contributed by atoms with van der Waals surface area (Å²) in [5, 5.41) is 7.96. The van der Waals surface area contributed by atoms with E-state index in [0.29, 0.717) is 12.2 Å². The first-order valence-electron chi connectivity index (χ1n) is 3.48. The van der Waals surface area contributed by atoms with E-state index in [9.17, 15) is 4.79 Å². The normalized spacial score (nSPS) is 18.0. The van der Waals surface area contributed by atoms with Gasteiger partial charge in [0.2, 0.25) is 0 Å². The second-order valence-corrected chi connectivity index (χ2v) is 2.31. The number of nitrogens with one attached hydrogen (secondary N) is 1. The first kappa shape index (κ1) is 7.78. The van der Waals surface area contributed by atoms with Gasteiger partial charge in [0.25, 0.3) is 0 Å². The highest BCUT2D eigenvalue weighted by Gasteiger charge is 2.17. The maximum absolute atomic E-state index is 11.0. The maximum Gasteiger partial charge on any atom is 0.342 e. The van der Waals surface area contributed by atoms with Gasteiger partial charge in [-0.2, -0.15) is 5.10 Å². The first-order chi connectivity index (χ1) is 5.15. The highest BCUT2D eigenvalue weighted by atomic mass is 16.2. The van der Waals surface area contributed by atoms with E-state index in [-0.39, 0.29) is 6.03 Å². The van der Waals surface area contributed by atoms with Gasteiger partial charge in [-0.3, -0.25) is 0 Å². The molecule has 0 fully saturated rings. The number of amides is 2. The van der Waals surface area contributed by atoms with E-state index in [1.54, 1.807) is 0 Å². The summed E-state index contributed by atoms with van der Waals surface area (Å²) in [7, 11) is 0. The van der Waals surface area contributed by atoms with Crippen molar-refractivity contribution in [3.63, 3.8) is 0 Å². The molecule has 0 bridgehead atoms. The number of nitrogens with zero attached hydrogens (tertiary/aromatic N) is 2. The first-order valence-corrected chi connectivity index (χ1v) is 3.48. The van der Waals surface area contributed by atoms with Gasteiger partial charge >= 0.3 is 6.03 Å². The molecule has 0 radical (unpaired) electrons. The van der Waals surface area contributed by atoms with Crippen LogP contribution in [0.3, 0.4) is 0 Å². The number of hydrazone groups is 1. The molecule has 1 N–H and O–H groups in total. The number of rotatable bonds is 1. The van der Waals surface area contributed by atoms with Crippen LogP contribution in [0.1, 0.15) is 13.8 Å². The van der Waals surface area contributed by atoms with E-state index in [1.165, 1.54) is 5.01 Å². The van der Waals surface area contributed by atoms with Crippen LogP contribution < -0.4 is 5.32 Å². The molecule has 4 nitrogen and oxygen atoms in total. The second kappa shape index (κ2) is 2.74. The van der Waals surface area contributed by atoms with Crippen molar-refractivity contribution < 1.29 is 4.79 Å². The molecule has 4 heteroatoms. The summed E-state index contributed by atoms with van der Waals surface area (Å²) in [4.78, 5) is 11.0. The Balaban J connectivity index is 2.86. The lowest BCUT2D eigenvalue weighted by molar-refractivity contribution is 0.204. The van der Waals surface area contributed by atoms with Gasteiger partial charge in [-0.25, -0.2) is 9.80 Å². The molecule has 0 saturated carbocycles. The zero-order chi connectivity index (χ0) is 8.43. The van der Waals surface area contributed by atoms with E-state index in [1.807, 2.05) is 13.8 Å². The van der Waals surface area contributed by atoms with Crippen LogP contribution in [0.2, 0.25) is 0 Å². The van der Waals surface area contributed by atoms with Crippen molar-refractivity contribution in [3.05, 3.63) is 12.3 Å². The minimum atomic E-state index is -0.205. The minimum Gasteiger partial charge on any atom is -0.305 e.